The molecule has 0 aromatic carbocycles. The molecule has 20 heavy (non-hydrogen) atoms. The van der Waals surface area contributed by atoms with Gasteiger partial charge in [0, 0.05) is 31.1 Å². The van der Waals surface area contributed by atoms with E-state index in [-0.39, 0.29) is 5.41 Å². The van der Waals surface area contributed by atoms with Crippen molar-refractivity contribution < 1.29 is 0 Å². The number of nitrogens with zero attached hydrogens (tertiary/aromatic N) is 3. The van der Waals surface area contributed by atoms with Gasteiger partial charge in [0.05, 0.1) is 0 Å². The van der Waals surface area contributed by atoms with Gasteiger partial charge in [0.1, 0.15) is 17.5 Å². The van der Waals surface area contributed by atoms with Crippen LogP contribution in [0.3, 0.4) is 0 Å². The van der Waals surface area contributed by atoms with Crippen LogP contribution >= 0.6 is 0 Å². The van der Waals surface area contributed by atoms with Crippen LogP contribution in [0, 0.1) is 12.8 Å². The minimum absolute atomic E-state index is 0.0503. The molecule has 0 unspecified atom stereocenters. The highest BCUT2D eigenvalue weighted by Gasteiger charge is 2.23. The molecule has 0 aliphatic rings. The number of hydrogen-bond acceptors (Lipinski definition) is 4. The maximum Gasteiger partial charge on any atom is 0.138 e. The van der Waals surface area contributed by atoms with Crippen molar-refractivity contribution in [2.24, 2.45) is 5.92 Å². The molecule has 0 saturated heterocycles. The Hall–Kier alpha value is -1.32. The molecule has 0 bridgehead atoms. The summed E-state index contributed by atoms with van der Waals surface area (Å²) in [4.78, 5) is 11.9. The van der Waals surface area contributed by atoms with E-state index in [1.807, 2.05) is 7.05 Å². The van der Waals surface area contributed by atoms with Crippen molar-refractivity contribution in [3.8, 4) is 0 Å². The van der Waals surface area contributed by atoms with Crippen molar-refractivity contribution in [3.63, 3.8) is 0 Å². The Morgan fingerprint density at radius 1 is 1.20 bits per heavy atom. The smallest absolute Gasteiger partial charge is 0.138 e. The summed E-state index contributed by atoms with van der Waals surface area (Å²) in [5.41, 5.74) is 1.08. The average molecular weight is 278 g/mol. The molecule has 0 atom stereocenters. The third kappa shape index (κ3) is 3.84. The third-order valence-electron chi connectivity index (χ3n) is 3.29. The molecule has 1 aromatic heterocycles. The van der Waals surface area contributed by atoms with Crippen LogP contribution in [-0.2, 0) is 5.41 Å². The first-order valence-corrected chi connectivity index (χ1v) is 7.52. The van der Waals surface area contributed by atoms with E-state index in [2.05, 4.69) is 63.7 Å². The zero-order valence-electron chi connectivity index (χ0n) is 14.3. The fourth-order valence-electron chi connectivity index (χ4n) is 2.20. The molecule has 1 rings (SSSR count). The summed E-state index contributed by atoms with van der Waals surface area (Å²) < 4.78 is 0. The topological polar surface area (TPSA) is 41.1 Å². The second-order valence-corrected chi connectivity index (χ2v) is 6.78. The first-order valence-electron chi connectivity index (χ1n) is 7.52. The van der Waals surface area contributed by atoms with E-state index in [1.54, 1.807) is 0 Å². The predicted molar refractivity (Wildman–Crippen MR) is 87.7 cm³/mol. The van der Waals surface area contributed by atoms with Crippen molar-refractivity contribution in [1.82, 2.24) is 9.97 Å². The van der Waals surface area contributed by atoms with Crippen LogP contribution in [0.5, 0.6) is 0 Å². The summed E-state index contributed by atoms with van der Waals surface area (Å²) in [6.45, 7) is 17.2. The fraction of sp³-hybridized carbons (Fsp3) is 0.750. The molecule has 0 amide bonds. The summed E-state index contributed by atoms with van der Waals surface area (Å²) in [5, 5.41) is 3.20. The van der Waals surface area contributed by atoms with Crippen molar-refractivity contribution in [2.75, 3.05) is 30.4 Å². The van der Waals surface area contributed by atoms with Crippen LogP contribution in [0.15, 0.2) is 0 Å². The summed E-state index contributed by atoms with van der Waals surface area (Å²) in [6.07, 6.45) is 0. The van der Waals surface area contributed by atoms with Gasteiger partial charge in [-0.15, -0.1) is 0 Å². The van der Waals surface area contributed by atoms with Crippen LogP contribution in [0.4, 0.5) is 11.6 Å². The third-order valence-corrected chi connectivity index (χ3v) is 3.29. The van der Waals surface area contributed by atoms with E-state index in [0.29, 0.717) is 5.92 Å². The number of hydrogen-bond donors (Lipinski definition) is 1. The molecule has 0 aliphatic carbocycles. The molecular weight excluding hydrogens is 248 g/mol. The lowest BCUT2D eigenvalue weighted by Gasteiger charge is -2.28. The van der Waals surface area contributed by atoms with Gasteiger partial charge >= 0.3 is 0 Å². The van der Waals surface area contributed by atoms with Gasteiger partial charge in [0.15, 0.2) is 0 Å². The summed E-state index contributed by atoms with van der Waals surface area (Å²) in [7, 11) is 1.92. The monoisotopic (exact) mass is 278 g/mol. The Balaban J connectivity index is 3.35. The lowest BCUT2D eigenvalue weighted by molar-refractivity contribution is 0.541. The fourth-order valence-corrected chi connectivity index (χ4v) is 2.20. The summed E-state index contributed by atoms with van der Waals surface area (Å²) >= 11 is 0. The maximum atomic E-state index is 4.85. The minimum atomic E-state index is -0.0503. The largest absolute Gasteiger partial charge is 0.373 e. The molecule has 114 valence electrons. The molecule has 0 radical (unpaired) electrons. The van der Waals surface area contributed by atoms with Crippen LogP contribution in [0.1, 0.15) is 52.9 Å². The van der Waals surface area contributed by atoms with E-state index in [1.165, 1.54) is 0 Å². The summed E-state index contributed by atoms with van der Waals surface area (Å²) in [5.74, 6) is 3.50. The van der Waals surface area contributed by atoms with Crippen LogP contribution in [0.2, 0.25) is 0 Å². The van der Waals surface area contributed by atoms with Gasteiger partial charge in [-0.3, -0.25) is 0 Å². The molecular formula is C16H30N4. The lowest BCUT2D eigenvalue weighted by atomic mass is 9.95. The Bertz CT molecular complexity index is 447. The second-order valence-electron chi connectivity index (χ2n) is 6.78. The Labute approximate surface area is 124 Å². The molecule has 4 nitrogen and oxygen atoms in total. The molecule has 0 saturated carbocycles. The second kappa shape index (κ2) is 6.42. The first-order chi connectivity index (χ1) is 9.20. The van der Waals surface area contributed by atoms with E-state index < -0.39 is 0 Å². The molecule has 1 N–H and O–H groups in total. The standard InChI is InChI=1S/C16H30N4/c1-9-20(10-11(2)3)14-12(4)13(17-8)18-15(19-14)16(5,6)7/h11H,9-10H2,1-8H3,(H,17,18,19). The van der Waals surface area contributed by atoms with Crippen molar-refractivity contribution >= 4 is 11.6 Å². The number of nitrogens with one attached hydrogen (secondary N) is 1. The molecule has 0 fully saturated rings. The maximum absolute atomic E-state index is 4.85. The van der Waals surface area contributed by atoms with E-state index in [4.69, 9.17) is 4.98 Å². The van der Waals surface area contributed by atoms with Crippen molar-refractivity contribution in [3.05, 3.63) is 11.4 Å². The zero-order chi connectivity index (χ0) is 15.5. The van der Waals surface area contributed by atoms with Crippen LogP contribution < -0.4 is 10.2 Å². The lowest BCUT2D eigenvalue weighted by Crippen LogP contribution is -2.30. The van der Waals surface area contributed by atoms with Gasteiger partial charge in [0.25, 0.3) is 0 Å². The number of anilines is 2. The van der Waals surface area contributed by atoms with Gasteiger partial charge in [-0.1, -0.05) is 34.6 Å². The minimum Gasteiger partial charge on any atom is -0.373 e. The van der Waals surface area contributed by atoms with E-state index in [9.17, 15) is 0 Å². The van der Waals surface area contributed by atoms with Crippen LogP contribution in [0.25, 0.3) is 0 Å². The molecule has 0 spiro atoms. The molecule has 1 heterocycles. The van der Waals surface area contributed by atoms with E-state index in [0.717, 1.165) is 36.1 Å². The quantitative estimate of drug-likeness (QED) is 0.893. The highest BCUT2D eigenvalue weighted by Crippen LogP contribution is 2.28. The van der Waals surface area contributed by atoms with Crippen molar-refractivity contribution in [1.29, 1.82) is 0 Å². The van der Waals surface area contributed by atoms with E-state index >= 15 is 0 Å². The van der Waals surface area contributed by atoms with Crippen molar-refractivity contribution in [2.45, 2.75) is 53.9 Å². The predicted octanol–water partition coefficient (Wildman–Crippen LogP) is 3.61. The number of aromatic nitrogens is 2. The highest BCUT2D eigenvalue weighted by atomic mass is 15.2. The molecule has 0 aliphatic heterocycles. The summed E-state index contributed by atoms with van der Waals surface area (Å²) in [6, 6.07) is 0. The van der Waals surface area contributed by atoms with Gasteiger partial charge in [-0.2, -0.15) is 0 Å². The van der Waals surface area contributed by atoms with Gasteiger partial charge < -0.3 is 10.2 Å². The first kappa shape index (κ1) is 16.7. The van der Waals surface area contributed by atoms with Gasteiger partial charge in [-0.25, -0.2) is 9.97 Å². The normalized spacial score (nSPS) is 11.8. The van der Waals surface area contributed by atoms with Gasteiger partial charge in [-0.05, 0) is 19.8 Å². The zero-order valence-corrected chi connectivity index (χ0v) is 14.3. The van der Waals surface area contributed by atoms with Crippen LogP contribution in [-0.4, -0.2) is 30.1 Å². The van der Waals surface area contributed by atoms with Gasteiger partial charge in [0.2, 0.25) is 0 Å². The Morgan fingerprint density at radius 2 is 1.80 bits per heavy atom. The molecule has 4 heteroatoms. The Morgan fingerprint density at radius 3 is 2.20 bits per heavy atom. The molecule has 1 aromatic rings. The average Bonchev–Trinajstić information content (AvgIpc) is 2.34. The number of rotatable bonds is 5. The SMILES string of the molecule is CCN(CC(C)C)c1nc(C(C)(C)C)nc(NC)c1C. The highest BCUT2D eigenvalue weighted by molar-refractivity contribution is 5.58. The Kier molecular flexibility index (Phi) is 5.37.